The van der Waals surface area contributed by atoms with E-state index in [1.165, 1.54) is 34.5 Å². The lowest BCUT2D eigenvalue weighted by atomic mass is 10.1. The molecular weight excluding hydrogens is 334 g/mol. The number of benzene rings is 1. The third-order valence-corrected chi connectivity index (χ3v) is 3.14. The van der Waals surface area contributed by atoms with Crippen LogP contribution in [0.4, 0.5) is 0 Å². The van der Waals surface area contributed by atoms with Crippen molar-refractivity contribution < 1.29 is 28.6 Å². The number of nitrogens with one attached hydrogen (secondary N) is 1. The topological polar surface area (TPSA) is 75.3 Å². The highest BCUT2D eigenvalue weighted by molar-refractivity contribution is 9.10. The number of hydroxylamine groups is 1. The van der Waals surface area contributed by atoms with Gasteiger partial charge in [0.25, 0.3) is 5.91 Å². The summed E-state index contributed by atoms with van der Waals surface area (Å²) in [7, 11) is 5.86. The van der Waals surface area contributed by atoms with E-state index < -0.39 is 5.91 Å². The Morgan fingerprint density at radius 1 is 1.15 bits per heavy atom. The van der Waals surface area contributed by atoms with Gasteiger partial charge in [-0.05, 0) is 22.0 Å². The van der Waals surface area contributed by atoms with Gasteiger partial charge in [0.15, 0.2) is 18.3 Å². The third kappa shape index (κ3) is 3.53. The first-order valence-electron chi connectivity index (χ1n) is 5.50. The summed E-state index contributed by atoms with van der Waals surface area (Å²) in [5.41, 5.74) is 2.51. The van der Waals surface area contributed by atoms with Crippen LogP contribution in [-0.2, 0) is 9.57 Å². The van der Waals surface area contributed by atoms with E-state index in [0.29, 0.717) is 21.7 Å². The summed E-state index contributed by atoms with van der Waals surface area (Å²) in [5.74, 6) is 0.623. The number of hydrogen-bond donors (Lipinski definition) is 1. The second-order valence-electron chi connectivity index (χ2n) is 3.49. The molecule has 1 N–H and O–H groups in total. The van der Waals surface area contributed by atoms with Gasteiger partial charge in [-0.1, -0.05) is 0 Å². The fourth-order valence-corrected chi connectivity index (χ4v) is 2.13. The van der Waals surface area contributed by atoms with Crippen LogP contribution in [0.5, 0.6) is 17.2 Å². The van der Waals surface area contributed by atoms with Crippen molar-refractivity contribution in [3.8, 4) is 17.2 Å². The Bertz CT molecular complexity index is 480. The van der Waals surface area contributed by atoms with Crippen molar-refractivity contribution in [3.63, 3.8) is 0 Å². The minimum Gasteiger partial charge on any atom is -0.493 e. The Balaban J connectivity index is 3.16. The predicted octanol–water partition coefficient (Wildman–Crippen LogP) is 1.74. The number of halogens is 1. The molecule has 0 radical (unpaired) electrons. The molecule has 0 spiro atoms. The standard InChI is InChI=1S/C12H16BrNO6/c1-16-6-20-14-12(15)7-5-8(17-2)10(18-3)11(19-4)9(7)13/h5H,6H2,1-4H3,(H,14,15). The molecule has 1 aromatic rings. The van der Waals surface area contributed by atoms with Gasteiger partial charge in [0.1, 0.15) is 0 Å². The molecule has 112 valence electrons. The van der Waals surface area contributed by atoms with Gasteiger partial charge in [-0.25, -0.2) is 10.3 Å². The van der Waals surface area contributed by atoms with Crippen LogP contribution in [0.1, 0.15) is 10.4 Å². The summed E-state index contributed by atoms with van der Waals surface area (Å²) in [4.78, 5) is 16.8. The van der Waals surface area contributed by atoms with E-state index in [2.05, 4.69) is 26.1 Å². The van der Waals surface area contributed by atoms with E-state index in [4.69, 9.17) is 19.0 Å². The number of amides is 1. The summed E-state index contributed by atoms with van der Waals surface area (Å²) in [5, 5.41) is 0. The van der Waals surface area contributed by atoms with E-state index in [0.717, 1.165) is 0 Å². The number of methoxy groups -OCH3 is 4. The molecule has 0 saturated heterocycles. The van der Waals surface area contributed by atoms with E-state index in [1.54, 1.807) is 0 Å². The first-order chi connectivity index (χ1) is 9.60. The molecule has 0 aliphatic heterocycles. The summed E-state index contributed by atoms with van der Waals surface area (Å²) in [6.07, 6.45) is 0. The van der Waals surface area contributed by atoms with E-state index >= 15 is 0 Å². The maximum atomic E-state index is 12.0. The van der Waals surface area contributed by atoms with Crippen LogP contribution >= 0.6 is 15.9 Å². The molecule has 8 heteroatoms. The number of rotatable bonds is 7. The average Bonchev–Trinajstić information content (AvgIpc) is 2.46. The van der Waals surface area contributed by atoms with E-state index in [1.807, 2.05) is 0 Å². The average molecular weight is 350 g/mol. The van der Waals surface area contributed by atoms with Crippen molar-refractivity contribution in [3.05, 3.63) is 16.1 Å². The molecule has 0 bridgehead atoms. The molecule has 0 unspecified atom stereocenters. The van der Waals surface area contributed by atoms with Gasteiger partial charge in [0.05, 0.1) is 31.4 Å². The van der Waals surface area contributed by atoms with Gasteiger partial charge in [-0.15, -0.1) is 0 Å². The summed E-state index contributed by atoms with van der Waals surface area (Å²) in [6.45, 7) is -0.0617. The minimum absolute atomic E-state index is 0.0617. The molecule has 0 atom stereocenters. The lowest BCUT2D eigenvalue weighted by Gasteiger charge is -2.16. The van der Waals surface area contributed by atoms with Gasteiger partial charge in [-0.2, -0.15) is 0 Å². The summed E-state index contributed by atoms with van der Waals surface area (Å²) in [6, 6.07) is 1.51. The number of carbonyl (C=O) groups is 1. The number of ether oxygens (including phenoxy) is 4. The molecular formula is C12H16BrNO6. The molecule has 20 heavy (non-hydrogen) atoms. The van der Waals surface area contributed by atoms with Gasteiger partial charge < -0.3 is 18.9 Å². The van der Waals surface area contributed by atoms with Crippen LogP contribution in [0.25, 0.3) is 0 Å². The van der Waals surface area contributed by atoms with Crippen molar-refractivity contribution in [2.75, 3.05) is 35.2 Å². The van der Waals surface area contributed by atoms with Crippen molar-refractivity contribution in [2.45, 2.75) is 0 Å². The maximum Gasteiger partial charge on any atom is 0.276 e. The lowest BCUT2D eigenvalue weighted by Crippen LogP contribution is -2.25. The fraction of sp³-hybridized carbons (Fsp3) is 0.417. The molecule has 1 amide bonds. The van der Waals surface area contributed by atoms with Crippen LogP contribution in [-0.4, -0.2) is 41.1 Å². The van der Waals surface area contributed by atoms with Gasteiger partial charge >= 0.3 is 0 Å². The van der Waals surface area contributed by atoms with Crippen molar-refractivity contribution in [1.82, 2.24) is 5.48 Å². The van der Waals surface area contributed by atoms with Crippen LogP contribution in [0.2, 0.25) is 0 Å². The molecule has 0 heterocycles. The first kappa shape index (κ1) is 16.5. The molecule has 7 nitrogen and oxygen atoms in total. The monoisotopic (exact) mass is 349 g/mol. The van der Waals surface area contributed by atoms with Crippen LogP contribution in [0, 0.1) is 0 Å². The highest BCUT2D eigenvalue weighted by Gasteiger charge is 2.22. The fourth-order valence-electron chi connectivity index (χ4n) is 1.50. The quantitative estimate of drug-likeness (QED) is 0.459. The maximum absolute atomic E-state index is 12.0. The molecule has 0 saturated carbocycles. The van der Waals surface area contributed by atoms with Gasteiger partial charge in [0, 0.05) is 7.11 Å². The Morgan fingerprint density at radius 3 is 2.30 bits per heavy atom. The zero-order chi connectivity index (χ0) is 15.1. The number of hydrogen-bond acceptors (Lipinski definition) is 6. The first-order valence-corrected chi connectivity index (χ1v) is 6.29. The van der Waals surface area contributed by atoms with E-state index in [-0.39, 0.29) is 12.4 Å². The molecule has 1 rings (SSSR count). The third-order valence-electron chi connectivity index (χ3n) is 2.36. The van der Waals surface area contributed by atoms with Crippen molar-refractivity contribution in [1.29, 1.82) is 0 Å². The smallest absolute Gasteiger partial charge is 0.276 e. The Kier molecular flexibility index (Phi) is 6.56. The summed E-state index contributed by atoms with van der Waals surface area (Å²) >= 11 is 3.30. The van der Waals surface area contributed by atoms with E-state index in [9.17, 15) is 4.79 Å². The predicted molar refractivity (Wildman–Crippen MR) is 74.2 cm³/mol. The van der Waals surface area contributed by atoms with Crippen LogP contribution < -0.4 is 19.7 Å². The highest BCUT2D eigenvalue weighted by Crippen LogP contribution is 2.44. The second kappa shape index (κ2) is 7.93. The zero-order valence-corrected chi connectivity index (χ0v) is 13.2. The Labute approximate surface area is 125 Å². The van der Waals surface area contributed by atoms with Crippen molar-refractivity contribution >= 4 is 21.8 Å². The lowest BCUT2D eigenvalue weighted by molar-refractivity contribution is -0.0704. The second-order valence-corrected chi connectivity index (χ2v) is 4.28. The molecule has 0 aliphatic carbocycles. The normalized spacial score (nSPS) is 10.1. The van der Waals surface area contributed by atoms with Crippen molar-refractivity contribution in [2.24, 2.45) is 0 Å². The SMILES string of the molecule is COCONC(=O)c1cc(OC)c(OC)c(OC)c1Br. The van der Waals surface area contributed by atoms with Crippen LogP contribution in [0.15, 0.2) is 10.5 Å². The largest absolute Gasteiger partial charge is 0.493 e. The highest BCUT2D eigenvalue weighted by atomic mass is 79.9. The Hall–Kier alpha value is -1.51. The van der Waals surface area contributed by atoms with Gasteiger partial charge in [0.2, 0.25) is 5.75 Å². The molecule has 0 aliphatic rings. The van der Waals surface area contributed by atoms with Gasteiger partial charge in [-0.3, -0.25) is 4.79 Å². The number of carbonyl (C=O) groups excluding carboxylic acids is 1. The molecule has 0 aromatic heterocycles. The molecule has 1 aromatic carbocycles. The summed E-state index contributed by atoms with van der Waals surface area (Å²) < 4.78 is 20.7. The molecule has 0 fully saturated rings. The van der Waals surface area contributed by atoms with Crippen LogP contribution in [0.3, 0.4) is 0 Å². The zero-order valence-electron chi connectivity index (χ0n) is 11.6. The minimum atomic E-state index is -0.479. The Morgan fingerprint density at radius 2 is 1.80 bits per heavy atom.